The second-order valence-electron chi connectivity index (χ2n) is 3.27. The van der Waals surface area contributed by atoms with Gasteiger partial charge >= 0.3 is 0 Å². The van der Waals surface area contributed by atoms with Crippen molar-refractivity contribution in [3.63, 3.8) is 0 Å². The van der Waals surface area contributed by atoms with Gasteiger partial charge in [0.1, 0.15) is 0 Å². The summed E-state index contributed by atoms with van der Waals surface area (Å²) in [4.78, 5) is 0. The van der Waals surface area contributed by atoms with Crippen LogP contribution in [-0.4, -0.2) is 19.8 Å². The van der Waals surface area contributed by atoms with E-state index < -0.39 is 0 Å². The summed E-state index contributed by atoms with van der Waals surface area (Å²) in [5.74, 6) is 0. The van der Waals surface area contributed by atoms with E-state index in [2.05, 4.69) is 12.2 Å². The molecular weight excluding hydrogens is 178 g/mol. The van der Waals surface area contributed by atoms with Crippen LogP contribution < -0.4 is 5.32 Å². The third-order valence-corrected chi connectivity index (χ3v) is 1.97. The zero-order valence-corrected chi connectivity index (χ0v) is 8.79. The van der Waals surface area contributed by atoms with Gasteiger partial charge in [0.2, 0.25) is 0 Å². The van der Waals surface area contributed by atoms with E-state index in [0.29, 0.717) is 0 Å². The van der Waals surface area contributed by atoms with Gasteiger partial charge < -0.3 is 14.5 Å². The van der Waals surface area contributed by atoms with Crippen molar-refractivity contribution in [3.8, 4) is 0 Å². The highest BCUT2D eigenvalue weighted by atomic mass is 16.5. The van der Waals surface area contributed by atoms with Crippen molar-refractivity contribution in [1.29, 1.82) is 0 Å². The van der Waals surface area contributed by atoms with E-state index in [1.165, 1.54) is 12.0 Å². The lowest BCUT2D eigenvalue weighted by molar-refractivity contribution is 0.133. The van der Waals surface area contributed by atoms with Crippen molar-refractivity contribution in [2.45, 2.75) is 26.3 Å². The van der Waals surface area contributed by atoms with Gasteiger partial charge in [-0.05, 0) is 12.5 Å². The second-order valence-corrected chi connectivity index (χ2v) is 3.27. The maximum Gasteiger partial charge on any atom is 0.0947 e. The van der Waals surface area contributed by atoms with Crippen LogP contribution in [0.15, 0.2) is 23.0 Å². The van der Waals surface area contributed by atoms with Crippen LogP contribution in [0.5, 0.6) is 0 Å². The summed E-state index contributed by atoms with van der Waals surface area (Å²) in [6.45, 7) is 5.59. The lowest BCUT2D eigenvalue weighted by atomic mass is 10.3. The molecule has 0 amide bonds. The first-order valence-corrected chi connectivity index (χ1v) is 5.23. The maximum absolute atomic E-state index is 5.41. The number of hydrogen-bond donors (Lipinski definition) is 1. The minimum atomic E-state index is 0.790. The molecule has 0 unspecified atom stereocenters. The number of nitrogens with one attached hydrogen (secondary N) is 1. The van der Waals surface area contributed by atoms with E-state index in [1.807, 2.05) is 6.07 Å². The van der Waals surface area contributed by atoms with E-state index in [-0.39, 0.29) is 0 Å². The molecule has 14 heavy (non-hydrogen) atoms. The van der Waals surface area contributed by atoms with Crippen molar-refractivity contribution in [2.24, 2.45) is 0 Å². The van der Waals surface area contributed by atoms with Crippen LogP contribution in [0.3, 0.4) is 0 Å². The molecule has 0 aliphatic carbocycles. The maximum atomic E-state index is 5.41. The molecule has 80 valence electrons. The molecule has 1 aromatic heterocycles. The number of furan rings is 1. The Labute approximate surface area is 85.4 Å². The minimum Gasteiger partial charge on any atom is -0.472 e. The molecule has 0 aliphatic rings. The van der Waals surface area contributed by atoms with Gasteiger partial charge in [0.05, 0.1) is 19.1 Å². The summed E-state index contributed by atoms with van der Waals surface area (Å²) < 4.78 is 10.4. The van der Waals surface area contributed by atoms with Gasteiger partial charge in [0.15, 0.2) is 0 Å². The number of unbranched alkanes of at least 4 members (excludes halogenated alkanes) is 1. The fourth-order valence-electron chi connectivity index (χ4n) is 1.12. The van der Waals surface area contributed by atoms with Crippen LogP contribution in [0.4, 0.5) is 0 Å². The normalized spacial score (nSPS) is 10.6. The zero-order valence-electron chi connectivity index (χ0n) is 8.79. The molecular formula is C11H19NO2. The molecule has 0 fully saturated rings. The van der Waals surface area contributed by atoms with Gasteiger partial charge in [-0.3, -0.25) is 0 Å². The van der Waals surface area contributed by atoms with E-state index in [1.54, 1.807) is 12.5 Å². The predicted molar refractivity (Wildman–Crippen MR) is 56.1 cm³/mol. The molecule has 1 rings (SSSR count). The van der Waals surface area contributed by atoms with Gasteiger partial charge in [-0.1, -0.05) is 13.3 Å². The fraction of sp³-hybridized carbons (Fsp3) is 0.636. The lowest BCUT2D eigenvalue weighted by Crippen LogP contribution is -2.19. The van der Waals surface area contributed by atoms with E-state index in [9.17, 15) is 0 Å². The molecule has 0 saturated carbocycles. The van der Waals surface area contributed by atoms with Gasteiger partial charge in [-0.2, -0.15) is 0 Å². The molecule has 0 radical (unpaired) electrons. The monoisotopic (exact) mass is 197 g/mol. The molecule has 3 nitrogen and oxygen atoms in total. The van der Waals surface area contributed by atoms with Crippen molar-refractivity contribution < 1.29 is 9.15 Å². The van der Waals surface area contributed by atoms with Gasteiger partial charge in [0.25, 0.3) is 0 Å². The van der Waals surface area contributed by atoms with Crippen LogP contribution in [0.2, 0.25) is 0 Å². The van der Waals surface area contributed by atoms with Crippen molar-refractivity contribution in [3.05, 3.63) is 24.2 Å². The first-order chi connectivity index (χ1) is 6.93. The molecule has 0 atom stereocenters. The van der Waals surface area contributed by atoms with Crippen LogP contribution in [0.1, 0.15) is 25.3 Å². The van der Waals surface area contributed by atoms with E-state index in [4.69, 9.17) is 9.15 Å². The van der Waals surface area contributed by atoms with Gasteiger partial charge in [-0.15, -0.1) is 0 Å². The number of ether oxygens (including phenoxy) is 1. The van der Waals surface area contributed by atoms with Crippen molar-refractivity contribution >= 4 is 0 Å². The quantitative estimate of drug-likeness (QED) is 0.649. The van der Waals surface area contributed by atoms with E-state index >= 15 is 0 Å². The molecule has 0 aromatic carbocycles. The molecule has 0 bridgehead atoms. The van der Waals surface area contributed by atoms with Crippen LogP contribution in [0.25, 0.3) is 0 Å². The van der Waals surface area contributed by atoms with Gasteiger partial charge in [0, 0.05) is 25.3 Å². The molecule has 0 spiro atoms. The fourth-order valence-corrected chi connectivity index (χ4v) is 1.12. The lowest BCUT2D eigenvalue weighted by Gasteiger charge is -2.04. The van der Waals surface area contributed by atoms with Crippen LogP contribution in [-0.2, 0) is 11.3 Å². The Balaban J connectivity index is 1.85. The summed E-state index contributed by atoms with van der Waals surface area (Å²) in [6, 6.07) is 1.96. The molecule has 0 aliphatic heterocycles. The van der Waals surface area contributed by atoms with Crippen LogP contribution in [0, 0.1) is 0 Å². The summed E-state index contributed by atoms with van der Waals surface area (Å²) in [5, 5.41) is 3.28. The largest absolute Gasteiger partial charge is 0.472 e. The Morgan fingerprint density at radius 3 is 3.07 bits per heavy atom. The Morgan fingerprint density at radius 1 is 1.43 bits per heavy atom. The molecule has 3 heteroatoms. The Kier molecular flexibility index (Phi) is 6.11. The SMILES string of the molecule is CCCCOCCNCc1ccoc1. The third kappa shape index (κ3) is 5.04. The van der Waals surface area contributed by atoms with Crippen molar-refractivity contribution in [2.75, 3.05) is 19.8 Å². The summed E-state index contributed by atoms with van der Waals surface area (Å²) >= 11 is 0. The van der Waals surface area contributed by atoms with Crippen molar-refractivity contribution in [1.82, 2.24) is 5.32 Å². The third-order valence-electron chi connectivity index (χ3n) is 1.97. The second kappa shape index (κ2) is 7.59. The average molecular weight is 197 g/mol. The first-order valence-electron chi connectivity index (χ1n) is 5.23. The topological polar surface area (TPSA) is 34.4 Å². The minimum absolute atomic E-state index is 0.790. The standard InChI is InChI=1S/C11H19NO2/c1-2-3-6-13-8-5-12-9-11-4-7-14-10-11/h4,7,10,12H,2-3,5-6,8-9H2,1H3. The predicted octanol–water partition coefficient (Wildman–Crippen LogP) is 2.19. The average Bonchev–Trinajstić information content (AvgIpc) is 2.69. The summed E-state index contributed by atoms with van der Waals surface area (Å²) in [7, 11) is 0. The summed E-state index contributed by atoms with van der Waals surface area (Å²) in [5.41, 5.74) is 1.18. The zero-order chi connectivity index (χ0) is 10.1. The molecule has 0 saturated heterocycles. The van der Waals surface area contributed by atoms with Crippen LogP contribution >= 0.6 is 0 Å². The highest BCUT2D eigenvalue weighted by molar-refractivity contribution is 5.04. The smallest absolute Gasteiger partial charge is 0.0947 e. The van der Waals surface area contributed by atoms with E-state index in [0.717, 1.165) is 32.7 Å². The highest BCUT2D eigenvalue weighted by Crippen LogP contribution is 1.97. The Hall–Kier alpha value is -0.800. The highest BCUT2D eigenvalue weighted by Gasteiger charge is 1.92. The number of rotatable bonds is 8. The molecule has 1 aromatic rings. The Bertz CT molecular complexity index is 209. The molecule has 1 N–H and O–H groups in total. The first kappa shape index (κ1) is 11.3. The van der Waals surface area contributed by atoms with Gasteiger partial charge in [-0.25, -0.2) is 0 Å². The summed E-state index contributed by atoms with van der Waals surface area (Å²) in [6.07, 6.45) is 5.80. The Morgan fingerprint density at radius 2 is 2.36 bits per heavy atom. The number of hydrogen-bond acceptors (Lipinski definition) is 3. The molecule has 1 heterocycles.